The van der Waals surface area contributed by atoms with Crippen LogP contribution in [0, 0.1) is 18.8 Å². The third-order valence-corrected chi connectivity index (χ3v) is 4.84. The van der Waals surface area contributed by atoms with Crippen molar-refractivity contribution in [3.63, 3.8) is 0 Å². The molecule has 0 bridgehead atoms. The molecular weight excluding hydrogens is 324 g/mol. The second kappa shape index (κ2) is 8.06. The quantitative estimate of drug-likeness (QED) is 0.803. The van der Waals surface area contributed by atoms with Gasteiger partial charge in [-0.05, 0) is 19.3 Å². The van der Waals surface area contributed by atoms with Crippen molar-refractivity contribution in [3.05, 3.63) is 40.9 Å². The van der Waals surface area contributed by atoms with Crippen molar-refractivity contribution in [1.82, 2.24) is 10.3 Å². The van der Waals surface area contributed by atoms with Gasteiger partial charge in [-0.2, -0.15) is 0 Å². The van der Waals surface area contributed by atoms with Crippen molar-refractivity contribution in [2.24, 2.45) is 11.8 Å². The topological polar surface area (TPSA) is 79.3 Å². The maximum atomic E-state index is 12.4. The number of carbonyl (C=O) groups excluding carboxylic acids is 1. The lowest BCUT2D eigenvalue weighted by Gasteiger charge is -2.15. The number of carboxylic acid groups (broad SMARTS) is 1. The van der Waals surface area contributed by atoms with Gasteiger partial charge in [0.1, 0.15) is 9.88 Å². The van der Waals surface area contributed by atoms with E-state index < -0.39 is 11.9 Å². The van der Waals surface area contributed by atoms with E-state index in [1.807, 2.05) is 44.2 Å². The lowest BCUT2D eigenvalue weighted by Crippen LogP contribution is -2.33. The number of nitrogens with one attached hydrogen (secondary N) is 1. The molecule has 0 aliphatic rings. The zero-order valence-electron chi connectivity index (χ0n) is 14.1. The largest absolute Gasteiger partial charge is 0.481 e. The number of benzene rings is 1. The fourth-order valence-corrected chi connectivity index (χ4v) is 3.44. The first kappa shape index (κ1) is 18.1. The minimum atomic E-state index is -0.880. The van der Waals surface area contributed by atoms with Gasteiger partial charge in [-0.15, -0.1) is 11.3 Å². The summed E-state index contributed by atoms with van der Waals surface area (Å²) in [6, 6.07) is 9.68. The van der Waals surface area contributed by atoms with E-state index in [0.29, 0.717) is 17.0 Å². The Morgan fingerprint density at radius 2 is 1.92 bits per heavy atom. The van der Waals surface area contributed by atoms with Gasteiger partial charge < -0.3 is 10.4 Å². The zero-order chi connectivity index (χ0) is 17.7. The maximum Gasteiger partial charge on any atom is 0.308 e. The van der Waals surface area contributed by atoms with Gasteiger partial charge >= 0.3 is 5.97 Å². The number of aryl methyl sites for hydroxylation is 1. The van der Waals surface area contributed by atoms with Crippen molar-refractivity contribution in [3.8, 4) is 10.6 Å². The summed E-state index contributed by atoms with van der Waals surface area (Å²) in [5.74, 6) is -1.45. The lowest BCUT2D eigenvalue weighted by atomic mass is 9.97. The summed E-state index contributed by atoms with van der Waals surface area (Å²) in [7, 11) is 0. The first-order chi connectivity index (χ1) is 11.4. The van der Waals surface area contributed by atoms with Crippen molar-refractivity contribution in [2.45, 2.75) is 27.2 Å². The van der Waals surface area contributed by atoms with Crippen molar-refractivity contribution in [1.29, 1.82) is 0 Å². The van der Waals surface area contributed by atoms with Crippen LogP contribution in [0.1, 0.15) is 35.6 Å². The fourth-order valence-electron chi connectivity index (χ4n) is 2.45. The van der Waals surface area contributed by atoms with Gasteiger partial charge in [-0.1, -0.05) is 44.2 Å². The molecule has 1 unspecified atom stereocenters. The van der Waals surface area contributed by atoms with Crippen LogP contribution >= 0.6 is 11.3 Å². The smallest absolute Gasteiger partial charge is 0.308 e. The van der Waals surface area contributed by atoms with Crippen LogP contribution < -0.4 is 5.32 Å². The lowest BCUT2D eigenvalue weighted by molar-refractivity contribution is -0.142. The van der Waals surface area contributed by atoms with Gasteiger partial charge in [0.05, 0.1) is 11.6 Å². The SMILES string of the molecule is Cc1nc(-c2ccccc2)sc1C(=O)NCC(CC(C)C)C(=O)O. The van der Waals surface area contributed by atoms with Crippen LogP contribution in [-0.4, -0.2) is 28.5 Å². The van der Waals surface area contributed by atoms with Gasteiger partial charge in [0.15, 0.2) is 0 Å². The predicted octanol–water partition coefficient (Wildman–Crippen LogP) is 3.60. The van der Waals surface area contributed by atoms with Crippen molar-refractivity contribution in [2.75, 3.05) is 6.54 Å². The van der Waals surface area contributed by atoms with Crippen LogP contribution in [-0.2, 0) is 4.79 Å². The predicted molar refractivity (Wildman–Crippen MR) is 95.2 cm³/mol. The Labute approximate surface area is 145 Å². The van der Waals surface area contributed by atoms with E-state index in [2.05, 4.69) is 10.3 Å². The molecule has 0 saturated heterocycles. The summed E-state index contributed by atoms with van der Waals surface area (Å²) >= 11 is 1.32. The number of nitrogens with zero attached hydrogens (tertiary/aromatic N) is 1. The normalized spacial score (nSPS) is 12.2. The molecule has 0 saturated carbocycles. The van der Waals surface area contributed by atoms with E-state index in [1.54, 1.807) is 6.92 Å². The number of aliphatic carboxylic acids is 1. The van der Waals surface area contributed by atoms with Crippen molar-refractivity contribution >= 4 is 23.2 Å². The highest BCUT2D eigenvalue weighted by atomic mass is 32.1. The van der Waals surface area contributed by atoms with Crippen LogP contribution in [0.5, 0.6) is 0 Å². The molecule has 128 valence electrons. The van der Waals surface area contributed by atoms with Gasteiger partial charge in [0.25, 0.3) is 5.91 Å². The van der Waals surface area contributed by atoms with Crippen molar-refractivity contribution < 1.29 is 14.7 Å². The molecule has 0 radical (unpaired) electrons. The van der Waals surface area contributed by atoms with E-state index in [4.69, 9.17) is 0 Å². The highest BCUT2D eigenvalue weighted by Gasteiger charge is 2.22. The first-order valence-corrected chi connectivity index (χ1v) is 8.74. The average Bonchev–Trinajstić information content (AvgIpc) is 2.93. The van der Waals surface area contributed by atoms with Crippen LogP contribution in [0.4, 0.5) is 0 Å². The molecule has 24 heavy (non-hydrogen) atoms. The zero-order valence-corrected chi connectivity index (χ0v) is 14.9. The standard InChI is InChI=1S/C18H22N2O3S/c1-11(2)9-14(18(22)23)10-19-16(21)15-12(3)20-17(24-15)13-7-5-4-6-8-13/h4-8,11,14H,9-10H2,1-3H3,(H,19,21)(H,22,23). The Morgan fingerprint density at radius 1 is 1.25 bits per heavy atom. The second-order valence-electron chi connectivity index (χ2n) is 6.17. The fraction of sp³-hybridized carbons (Fsp3) is 0.389. The molecule has 0 fully saturated rings. The molecule has 2 N–H and O–H groups in total. The Hall–Kier alpha value is -2.21. The molecular formula is C18H22N2O3S. The number of hydrogen-bond acceptors (Lipinski definition) is 4. The van der Waals surface area contributed by atoms with Crippen LogP contribution in [0.3, 0.4) is 0 Å². The molecule has 0 aliphatic carbocycles. The number of thiazole rings is 1. The first-order valence-electron chi connectivity index (χ1n) is 7.92. The van der Waals surface area contributed by atoms with E-state index in [9.17, 15) is 14.7 Å². The summed E-state index contributed by atoms with van der Waals surface area (Å²) in [5, 5.41) is 12.8. The molecule has 0 aliphatic heterocycles. The molecule has 1 aromatic carbocycles. The molecule has 2 rings (SSSR count). The van der Waals surface area contributed by atoms with Crippen LogP contribution in [0.25, 0.3) is 10.6 Å². The summed E-state index contributed by atoms with van der Waals surface area (Å²) in [4.78, 5) is 28.7. The van der Waals surface area contributed by atoms with Crippen LogP contribution in [0.15, 0.2) is 30.3 Å². The number of hydrogen-bond donors (Lipinski definition) is 2. The number of rotatable bonds is 7. The third kappa shape index (κ3) is 4.64. The third-order valence-electron chi connectivity index (χ3n) is 3.64. The number of amides is 1. The number of carboxylic acids is 1. The Morgan fingerprint density at radius 3 is 2.50 bits per heavy atom. The minimum Gasteiger partial charge on any atom is -0.481 e. The van der Waals surface area contributed by atoms with Gasteiger partial charge in [-0.3, -0.25) is 9.59 Å². The monoisotopic (exact) mass is 346 g/mol. The Balaban J connectivity index is 2.07. The molecule has 2 aromatic rings. The summed E-state index contributed by atoms with van der Waals surface area (Å²) in [6.07, 6.45) is 0.534. The highest BCUT2D eigenvalue weighted by molar-refractivity contribution is 7.17. The van der Waals surface area contributed by atoms with E-state index >= 15 is 0 Å². The highest BCUT2D eigenvalue weighted by Crippen LogP contribution is 2.27. The molecule has 1 aromatic heterocycles. The van der Waals surface area contributed by atoms with Gasteiger partial charge in [0.2, 0.25) is 0 Å². The Kier molecular flexibility index (Phi) is 6.09. The van der Waals surface area contributed by atoms with Gasteiger partial charge in [-0.25, -0.2) is 4.98 Å². The van der Waals surface area contributed by atoms with Crippen LogP contribution in [0.2, 0.25) is 0 Å². The Bertz CT molecular complexity index is 710. The molecule has 0 spiro atoms. The van der Waals surface area contributed by atoms with Gasteiger partial charge in [0, 0.05) is 12.1 Å². The summed E-state index contributed by atoms with van der Waals surface area (Å²) in [6.45, 7) is 5.86. The molecule has 5 nitrogen and oxygen atoms in total. The minimum absolute atomic E-state index is 0.129. The average molecular weight is 346 g/mol. The second-order valence-corrected chi connectivity index (χ2v) is 7.17. The molecule has 1 heterocycles. The van der Waals surface area contributed by atoms with E-state index in [0.717, 1.165) is 10.6 Å². The molecule has 1 amide bonds. The number of carbonyl (C=O) groups is 2. The number of aromatic nitrogens is 1. The summed E-state index contributed by atoms with van der Waals surface area (Å²) in [5.41, 5.74) is 1.62. The van der Waals surface area contributed by atoms with E-state index in [1.165, 1.54) is 11.3 Å². The summed E-state index contributed by atoms with van der Waals surface area (Å²) < 4.78 is 0. The maximum absolute atomic E-state index is 12.4. The molecule has 1 atom stereocenters. The molecule has 6 heteroatoms. The van der Waals surface area contributed by atoms with E-state index in [-0.39, 0.29) is 18.4 Å².